The van der Waals surface area contributed by atoms with Crippen LogP contribution in [-0.4, -0.2) is 38.4 Å². The van der Waals surface area contributed by atoms with Crippen LogP contribution in [0.15, 0.2) is 95.9 Å². The van der Waals surface area contributed by atoms with Gasteiger partial charge in [-0.3, -0.25) is 9.69 Å². The fourth-order valence-corrected chi connectivity index (χ4v) is 7.11. The third-order valence-electron chi connectivity index (χ3n) is 7.71. The summed E-state index contributed by atoms with van der Waals surface area (Å²) in [5.41, 5.74) is 3.32. The van der Waals surface area contributed by atoms with E-state index in [1.165, 1.54) is 5.56 Å². The van der Waals surface area contributed by atoms with E-state index < -0.39 is 10.0 Å². The van der Waals surface area contributed by atoms with Crippen LogP contribution in [0.5, 0.6) is 0 Å². The van der Waals surface area contributed by atoms with Gasteiger partial charge >= 0.3 is 0 Å². The van der Waals surface area contributed by atoms with Gasteiger partial charge in [-0.2, -0.15) is 0 Å². The van der Waals surface area contributed by atoms with E-state index in [-0.39, 0.29) is 22.8 Å². The maximum Gasteiger partial charge on any atom is 0.255 e. The number of piperidine rings is 1. The summed E-state index contributed by atoms with van der Waals surface area (Å²) < 4.78 is 30.5. The van der Waals surface area contributed by atoms with Crippen molar-refractivity contribution in [3.8, 4) is 0 Å². The molecule has 0 aliphatic carbocycles. The normalized spacial score (nSPS) is 18.2. The van der Waals surface area contributed by atoms with Crippen molar-refractivity contribution in [3.63, 3.8) is 0 Å². The Kier molecular flexibility index (Phi) is 8.12. The first-order chi connectivity index (χ1) is 18.9. The zero-order valence-corrected chi connectivity index (χ0v) is 23.2. The highest BCUT2D eigenvalue weighted by Gasteiger charge is 2.32. The maximum absolute atomic E-state index is 13.7. The molecule has 0 radical (unpaired) electrons. The number of amides is 1. The predicted molar refractivity (Wildman–Crippen MR) is 157 cm³/mol. The highest BCUT2D eigenvalue weighted by Crippen LogP contribution is 2.31. The van der Waals surface area contributed by atoms with Gasteiger partial charge in [0.25, 0.3) is 5.91 Å². The maximum atomic E-state index is 13.7. The second-order valence-electron chi connectivity index (χ2n) is 10.3. The van der Waals surface area contributed by atoms with E-state index in [9.17, 15) is 13.2 Å². The van der Waals surface area contributed by atoms with Gasteiger partial charge in [0.2, 0.25) is 10.0 Å². The average molecular weight is 542 g/mol. The second-order valence-corrected chi connectivity index (χ2v) is 12.0. The van der Waals surface area contributed by atoms with E-state index in [1.807, 2.05) is 49.4 Å². The van der Waals surface area contributed by atoms with Crippen LogP contribution in [0.1, 0.15) is 41.3 Å². The minimum absolute atomic E-state index is 0.133. The number of sulfonamides is 1. The minimum Gasteiger partial charge on any atom is -0.321 e. The summed E-state index contributed by atoms with van der Waals surface area (Å²) in [5.74, 6) is -0.00351. The Bertz CT molecular complexity index is 1570. The number of benzene rings is 4. The lowest BCUT2D eigenvalue weighted by Gasteiger charge is -2.38. The van der Waals surface area contributed by atoms with Gasteiger partial charge in [-0.1, -0.05) is 86.1 Å². The molecule has 4 aromatic carbocycles. The molecule has 7 heteroatoms. The van der Waals surface area contributed by atoms with Crippen LogP contribution >= 0.6 is 0 Å². The van der Waals surface area contributed by atoms with Crippen molar-refractivity contribution in [2.24, 2.45) is 5.92 Å². The minimum atomic E-state index is -3.79. The first-order valence-corrected chi connectivity index (χ1v) is 15.0. The summed E-state index contributed by atoms with van der Waals surface area (Å²) in [6, 6.07) is 28.3. The lowest BCUT2D eigenvalue weighted by molar-refractivity contribution is 0.102. The Morgan fingerprint density at radius 1 is 0.897 bits per heavy atom. The number of anilines is 1. The van der Waals surface area contributed by atoms with E-state index in [1.54, 1.807) is 24.3 Å². The third-order valence-corrected chi connectivity index (χ3v) is 9.26. The Balaban J connectivity index is 1.36. The Hall–Kier alpha value is -3.52. The molecule has 1 amide bonds. The molecule has 0 aromatic heterocycles. The van der Waals surface area contributed by atoms with Gasteiger partial charge in [0, 0.05) is 47.7 Å². The average Bonchev–Trinajstić information content (AvgIpc) is 2.94. The van der Waals surface area contributed by atoms with Crippen molar-refractivity contribution in [2.75, 3.05) is 18.4 Å². The summed E-state index contributed by atoms with van der Waals surface area (Å²) in [7, 11) is -3.79. The molecule has 0 bridgehead atoms. The zero-order chi connectivity index (χ0) is 27.4. The van der Waals surface area contributed by atoms with Crippen molar-refractivity contribution in [3.05, 3.63) is 108 Å². The molecule has 0 spiro atoms. The molecule has 1 heterocycles. The topological polar surface area (TPSA) is 78.5 Å². The third kappa shape index (κ3) is 6.06. The standard InChI is InChI=1S/C32H35N3O3S/c1-3-25-22-35(21-24-12-5-4-6-13-24)20-19-29(25)34-39(37,38)31-18-17-30(27-15-9-10-16-28(27)31)33-32(36)26-14-8-7-11-23(26)2/h4-18,25,29,34H,3,19-22H2,1-2H3,(H,33,36)/t25-,29+/m0/s1. The number of nitrogens with zero attached hydrogens (tertiary/aromatic N) is 1. The van der Waals surface area contributed by atoms with Crippen LogP contribution < -0.4 is 10.0 Å². The van der Waals surface area contributed by atoms with Gasteiger partial charge in [0.05, 0.1) is 4.90 Å². The number of carbonyl (C=O) groups is 1. The molecule has 4 aromatic rings. The Morgan fingerprint density at radius 2 is 1.59 bits per heavy atom. The summed E-state index contributed by atoms with van der Waals surface area (Å²) in [6.45, 7) is 6.58. The van der Waals surface area contributed by atoms with Crippen molar-refractivity contribution in [1.82, 2.24) is 9.62 Å². The van der Waals surface area contributed by atoms with Crippen LogP contribution in [0.25, 0.3) is 10.8 Å². The van der Waals surface area contributed by atoms with Crippen LogP contribution in [0.3, 0.4) is 0 Å². The summed E-state index contributed by atoms with van der Waals surface area (Å²) in [5, 5.41) is 4.26. The van der Waals surface area contributed by atoms with E-state index in [0.717, 1.165) is 38.0 Å². The van der Waals surface area contributed by atoms with E-state index in [2.05, 4.69) is 46.1 Å². The number of hydrogen-bond donors (Lipinski definition) is 2. The molecular formula is C32H35N3O3S. The van der Waals surface area contributed by atoms with Crippen LogP contribution in [0.2, 0.25) is 0 Å². The van der Waals surface area contributed by atoms with Crippen LogP contribution in [-0.2, 0) is 16.6 Å². The molecule has 2 N–H and O–H groups in total. The molecule has 2 atom stereocenters. The molecule has 5 rings (SSSR count). The van der Waals surface area contributed by atoms with E-state index in [0.29, 0.717) is 22.0 Å². The monoisotopic (exact) mass is 541 g/mol. The molecular weight excluding hydrogens is 506 g/mol. The first kappa shape index (κ1) is 27.1. The Morgan fingerprint density at radius 3 is 2.33 bits per heavy atom. The molecule has 1 aliphatic heterocycles. The van der Waals surface area contributed by atoms with Crippen LogP contribution in [0.4, 0.5) is 5.69 Å². The van der Waals surface area contributed by atoms with Gasteiger partial charge in [-0.15, -0.1) is 0 Å². The van der Waals surface area contributed by atoms with Gasteiger partial charge in [-0.25, -0.2) is 13.1 Å². The molecule has 39 heavy (non-hydrogen) atoms. The number of nitrogens with one attached hydrogen (secondary N) is 2. The fraction of sp³-hybridized carbons (Fsp3) is 0.281. The summed E-state index contributed by atoms with van der Waals surface area (Å²) >= 11 is 0. The van der Waals surface area contributed by atoms with Crippen LogP contribution in [0, 0.1) is 12.8 Å². The second kappa shape index (κ2) is 11.7. The molecule has 0 saturated carbocycles. The quantitative estimate of drug-likeness (QED) is 0.288. The molecule has 1 aliphatic rings. The lowest BCUT2D eigenvalue weighted by atomic mass is 9.90. The van der Waals surface area contributed by atoms with Gasteiger partial charge in [0.1, 0.15) is 0 Å². The SMILES string of the molecule is CC[C@H]1CN(Cc2ccccc2)CC[C@H]1NS(=O)(=O)c1ccc(NC(=O)c2ccccc2C)c2ccccc12. The lowest BCUT2D eigenvalue weighted by Crippen LogP contribution is -2.50. The van der Waals surface area contributed by atoms with Crippen molar-refractivity contribution in [1.29, 1.82) is 0 Å². The number of aryl methyl sites for hydroxylation is 1. The van der Waals surface area contributed by atoms with E-state index >= 15 is 0 Å². The molecule has 1 fully saturated rings. The number of fused-ring (bicyclic) bond motifs is 1. The van der Waals surface area contributed by atoms with Gasteiger partial charge in [0.15, 0.2) is 0 Å². The summed E-state index contributed by atoms with van der Waals surface area (Å²) in [4.78, 5) is 15.6. The van der Waals surface area contributed by atoms with Crippen molar-refractivity contribution in [2.45, 2.75) is 44.2 Å². The fourth-order valence-electron chi connectivity index (χ4n) is 5.56. The summed E-state index contributed by atoms with van der Waals surface area (Å²) in [6.07, 6.45) is 1.65. The van der Waals surface area contributed by atoms with Crippen molar-refractivity contribution < 1.29 is 13.2 Å². The predicted octanol–water partition coefficient (Wildman–Crippen LogP) is 5.98. The zero-order valence-electron chi connectivity index (χ0n) is 22.4. The molecule has 0 unspecified atom stereocenters. The first-order valence-electron chi connectivity index (χ1n) is 13.5. The van der Waals surface area contributed by atoms with E-state index in [4.69, 9.17) is 0 Å². The number of hydrogen-bond acceptors (Lipinski definition) is 4. The van der Waals surface area contributed by atoms with Crippen molar-refractivity contribution >= 4 is 32.4 Å². The molecule has 202 valence electrons. The van der Waals surface area contributed by atoms with Gasteiger partial charge < -0.3 is 5.32 Å². The highest BCUT2D eigenvalue weighted by molar-refractivity contribution is 7.89. The molecule has 6 nitrogen and oxygen atoms in total. The van der Waals surface area contributed by atoms with Gasteiger partial charge in [-0.05, 0) is 48.6 Å². The highest BCUT2D eigenvalue weighted by atomic mass is 32.2. The molecule has 1 saturated heterocycles. The largest absolute Gasteiger partial charge is 0.321 e. The number of rotatable bonds is 8. The number of carbonyl (C=O) groups excluding carboxylic acids is 1. The number of likely N-dealkylation sites (tertiary alicyclic amines) is 1. The smallest absolute Gasteiger partial charge is 0.255 e. The Labute approximate surface area is 231 Å².